The summed E-state index contributed by atoms with van der Waals surface area (Å²) in [7, 11) is 0. The highest BCUT2D eigenvalue weighted by atomic mass is 32.1. The third-order valence-electron chi connectivity index (χ3n) is 10.3. The van der Waals surface area contributed by atoms with Gasteiger partial charge in [0, 0.05) is 4.75 Å². The Balaban J connectivity index is 1.45. The molecule has 8 rings (SSSR count). The molecule has 0 N–H and O–H groups in total. The summed E-state index contributed by atoms with van der Waals surface area (Å²) in [6, 6.07) is 0. The van der Waals surface area contributed by atoms with Crippen LogP contribution in [0.15, 0.2) is 12.7 Å². The molecule has 0 amide bonds. The van der Waals surface area contributed by atoms with E-state index >= 15 is 0 Å². The minimum Gasteiger partial charge on any atom is -0.171 e. The predicted octanol–water partition coefficient (Wildman–Crippen LogP) is 6.66. The largest absolute Gasteiger partial charge is 0.171 e. The van der Waals surface area contributed by atoms with Crippen molar-refractivity contribution >= 4 is 12.6 Å². The molecule has 0 aromatic heterocycles. The maximum absolute atomic E-state index is 5.82. The van der Waals surface area contributed by atoms with E-state index in [1.54, 1.807) is 38.5 Å². The first-order valence-corrected chi connectivity index (χ1v) is 11.8. The van der Waals surface area contributed by atoms with E-state index in [0.717, 1.165) is 35.5 Å². The summed E-state index contributed by atoms with van der Waals surface area (Å²) in [5, 5.41) is 0. The van der Waals surface area contributed by atoms with Crippen LogP contribution in [0.5, 0.6) is 0 Å². The van der Waals surface area contributed by atoms with Gasteiger partial charge >= 0.3 is 0 Å². The minimum atomic E-state index is 0.244. The summed E-state index contributed by atoms with van der Waals surface area (Å²) in [6.07, 6.45) is 21.8. The lowest BCUT2D eigenvalue weighted by Gasteiger charge is -2.71. The van der Waals surface area contributed by atoms with Gasteiger partial charge in [0.15, 0.2) is 0 Å². The SMILES string of the molecule is C=CCC(S)(C12CC3CC(CC(C3)C1)C2)C12CC3CC(CC(C3)C1)C2. The second-order valence-corrected chi connectivity index (χ2v) is 12.5. The van der Waals surface area contributed by atoms with Crippen molar-refractivity contribution in [3.63, 3.8) is 0 Å². The zero-order valence-corrected chi connectivity index (χ0v) is 16.8. The number of hydrogen-bond acceptors (Lipinski definition) is 1. The van der Waals surface area contributed by atoms with Crippen LogP contribution in [0.2, 0.25) is 0 Å². The third kappa shape index (κ3) is 2.03. The summed E-state index contributed by atoms with van der Waals surface area (Å²) in [5.41, 5.74) is 1.09. The van der Waals surface area contributed by atoms with E-state index in [2.05, 4.69) is 12.7 Å². The first-order valence-electron chi connectivity index (χ1n) is 11.4. The second kappa shape index (κ2) is 5.12. The Morgan fingerprint density at radius 1 is 0.680 bits per heavy atom. The average molecular weight is 357 g/mol. The van der Waals surface area contributed by atoms with Crippen molar-refractivity contribution < 1.29 is 0 Å². The molecule has 0 unspecified atom stereocenters. The lowest BCUT2D eigenvalue weighted by molar-refractivity contribution is -0.153. The molecular weight excluding hydrogens is 320 g/mol. The smallest absolute Gasteiger partial charge is 0.0277 e. The Bertz CT molecular complexity index is 472. The molecule has 8 aliphatic carbocycles. The molecule has 8 saturated carbocycles. The fraction of sp³-hybridized carbons (Fsp3) is 0.917. The quantitative estimate of drug-likeness (QED) is 0.422. The van der Waals surface area contributed by atoms with Gasteiger partial charge in [-0.05, 0) is 130 Å². The molecule has 8 bridgehead atoms. The van der Waals surface area contributed by atoms with Gasteiger partial charge < -0.3 is 0 Å². The van der Waals surface area contributed by atoms with E-state index in [1.807, 2.05) is 0 Å². The highest BCUT2D eigenvalue weighted by molar-refractivity contribution is 7.82. The summed E-state index contributed by atoms with van der Waals surface area (Å²) in [6.45, 7) is 4.25. The van der Waals surface area contributed by atoms with Crippen LogP contribution in [-0.2, 0) is 0 Å². The van der Waals surface area contributed by atoms with Crippen molar-refractivity contribution in [1.82, 2.24) is 0 Å². The van der Waals surface area contributed by atoms with Gasteiger partial charge in [-0.25, -0.2) is 0 Å². The summed E-state index contributed by atoms with van der Waals surface area (Å²) >= 11 is 5.82. The van der Waals surface area contributed by atoms with Crippen molar-refractivity contribution in [1.29, 1.82) is 0 Å². The Kier molecular flexibility index (Phi) is 3.29. The van der Waals surface area contributed by atoms with E-state index in [0.29, 0.717) is 10.8 Å². The number of hydrogen-bond donors (Lipinski definition) is 1. The molecule has 8 fully saturated rings. The molecule has 0 nitrogen and oxygen atoms in total. The van der Waals surface area contributed by atoms with Crippen LogP contribution < -0.4 is 0 Å². The molecule has 0 aromatic rings. The van der Waals surface area contributed by atoms with Crippen molar-refractivity contribution in [2.75, 3.05) is 0 Å². The number of thiol groups is 1. The normalized spacial score (nSPS) is 57.6. The first-order chi connectivity index (χ1) is 12.0. The van der Waals surface area contributed by atoms with Crippen LogP contribution in [0.25, 0.3) is 0 Å². The van der Waals surface area contributed by atoms with Crippen LogP contribution >= 0.6 is 12.6 Å². The van der Waals surface area contributed by atoms with Gasteiger partial charge in [0.25, 0.3) is 0 Å². The average Bonchev–Trinajstić information content (AvgIpc) is 2.52. The van der Waals surface area contributed by atoms with Crippen molar-refractivity contribution in [3.05, 3.63) is 12.7 Å². The lowest BCUT2D eigenvalue weighted by Crippen LogP contribution is -2.66. The van der Waals surface area contributed by atoms with Gasteiger partial charge in [-0.1, -0.05) is 6.08 Å². The van der Waals surface area contributed by atoms with Crippen LogP contribution in [0, 0.1) is 46.3 Å². The highest BCUT2D eigenvalue weighted by Crippen LogP contribution is 2.75. The molecule has 25 heavy (non-hydrogen) atoms. The first kappa shape index (κ1) is 16.1. The summed E-state index contributed by atoms with van der Waals surface area (Å²) in [5.74, 6) is 6.23. The number of rotatable bonds is 4. The lowest BCUT2D eigenvalue weighted by atomic mass is 9.37. The number of allylic oxidation sites excluding steroid dienone is 1. The van der Waals surface area contributed by atoms with E-state index in [1.165, 1.54) is 44.9 Å². The van der Waals surface area contributed by atoms with E-state index in [4.69, 9.17) is 12.6 Å². The standard InChI is InChI=1S/C24H36S/c1-2-3-24(25,22-10-16-4-17(11-22)6-18(5-16)12-22)23-13-19-7-20(14-23)9-21(8-19)15-23/h2,16-21,25H,1,3-15H2. The molecule has 0 radical (unpaired) electrons. The van der Waals surface area contributed by atoms with Gasteiger partial charge in [0.1, 0.15) is 0 Å². The maximum Gasteiger partial charge on any atom is 0.0277 e. The van der Waals surface area contributed by atoms with Crippen molar-refractivity contribution in [2.45, 2.75) is 88.2 Å². The molecule has 0 heterocycles. The van der Waals surface area contributed by atoms with Crippen LogP contribution in [0.1, 0.15) is 83.5 Å². The Morgan fingerprint density at radius 3 is 1.20 bits per heavy atom. The minimum absolute atomic E-state index is 0.244. The van der Waals surface area contributed by atoms with Crippen molar-refractivity contribution in [2.24, 2.45) is 46.3 Å². The monoisotopic (exact) mass is 356 g/mol. The molecule has 0 spiro atoms. The molecule has 0 aliphatic heterocycles. The molecule has 8 aliphatic rings. The maximum atomic E-state index is 5.82. The van der Waals surface area contributed by atoms with Gasteiger partial charge in [0.2, 0.25) is 0 Å². The molecule has 0 aromatic carbocycles. The highest BCUT2D eigenvalue weighted by Gasteiger charge is 2.68. The van der Waals surface area contributed by atoms with Crippen molar-refractivity contribution in [3.8, 4) is 0 Å². The van der Waals surface area contributed by atoms with Crippen LogP contribution in [0.3, 0.4) is 0 Å². The molecule has 0 saturated heterocycles. The molecule has 0 atom stereocenters. The van der Waals surface area contributed by atoms with Crippen LogP contribution in [0.4, 0.5) is 0 Å². The van der Waals surface area contributed by atoms with Gasteiger partial charge in [0.05, 0.1) is 0 Å². The van der Waals surface area contributed by atoms with E-state index in [9.17, 15) is 0 Å². The van der Waals surface area contributed by atoms with E-state index < -0.39 is 0 Å². The zero-order valence-electron chi connectivity index (χ0n) is 15.9. The Labute approximate surface area is 160 Å². The fourth-order valence-corrected chi connectivity index (χ4v) is 11.1. The Morgan fingerprint density at radius 2 is 0.960 bits per heavy atom. The Hall–Kier alpha value is 0.0900. The summed E-state index contributed by atoms with van der Waals surface area (Å²) < 4.78 is 0.244. The second-order valence-electron chi connectivity index (χ2n) is 11.7. The third-order valence-corrected chi connectivity index (χ3v) is 11.4. The van der Waals surface area contributed by atoms with Crippen LogP contribution in [-0.4, -0.2) is 4.75 Å². The molecule has 1 heteroatoms. The van der Waals surface area contributed by atoms with Gasteiger partial charge in [-0.2, -0.15) is 12.6 Å². The van der Waals surface area contributed by atoms with Gasteiger partial charge in [-0.3, -0.25) is 0 Å². The predicted molar refractivity (Wildman–Crippen MR) is 108 cm³/mol. The zero-order chi connectivity index (χ0) is 16.9. The fourth-order valence-electron chi connectivity index (χ4n) is 10.4. The summed E-state index contributed by atoms with van der Waals surface area (Å²) in [4.78, 5) is 0. The molecule has 138 valence electrons. The van der Waals surface area contributed by atoms with E-state index in [-0.39, 0.29) is 4.75 Å². The molecular formula is C24H36S. The topological polar surface area (TPSA) is 0 Å². The van der Waals surface area contributed by atoms with Gasteiger partial charge in [-0.15, -0.1) is 6.58 Å².